The predicted molar refractivity (Wildman–Crippen MR) is 252 cm³/mol. The van der Waals surface area contributed by atoms with Gasteiger partial charge in [0, 0.05) is 35.3 Å². The highest BCUT2D eigenvalue weighted by Crippen LogP contribution is 2.39. The van der Waals surface area contributed by atoms with Gasteiger partial charge in [-0.15, -0.1) is 0 Å². The standard InChI is InChI=1S/C53H59N3O4Si/c1-5-40-17-12-20-43(35-40)52(59)56-46-27-29-47(30-28-46)60-48-24-13-18-41(36-48)37-50(57)42-19-14-21-44(38-42)51(58)55-33-16-34-61(4,49-25-10-7-11-26-49)39-53(2,31-15-32-54-3)45-22-8-6-9-23-45/h6-14,17-30,35-36,38,54H,5,15-16,31-34,37,39H2,1-4H3,(H,55,58)(H,56,59). The summed E-state index contributed by atoms with van der Waals surface area (Å²) < 4.78 is 6.11. The minimum Gasteiger partial charge on any atom is -0.457 e. The predicted octanol–water partition coefficient (Wildman–Crippen LogP) is 10.8. The van der Waals surface area contributed by atoms with Crippen molar-refractivity contribution in [3.8, 4) is 11.5 Å². The van der Waals surface area contributed by atoms with E-state index in [4.69, 9.17) is 4.74 Å². The van der Waals surface area contributed by atoms with Crippen LogP contribution in [0.4, 0.5) is 5.69 Å². The molecule has 314 valence electrons. The highest BCUT2D eigenvalue weighted by Gasteiger charge is 2.38. The minimum atomic E-state index is -2.00. The molecule has 0 aliphatic carbocycles. The van der Waals surface area contributed by atoms with Crippen LogP contribution in [0.5, 0.6) is 11.5 Å². The normalized spacial score (nSPS) is 13.0. The number of aryl methyl sites for hydroxylation is 1. The van der Waals surface area contributed by atoms with Crippen molar-refractivity contribution >= 4 is 36.5 Å². The average molecular weight is 830 g/mol. The molecule has 0 saturated carbocycles. The number of carbonyl (C=O) groups is 3. The van der Waals surface area contributed by atoms with Gasteiger partial charge in [-0.3, -0.25) is 14.4 Å². The lowest BCUT2D eigenvalue weighted by Gasteiger charge is -2.40. The summed E-state index contributed by atoms with van der Waals surface area (Å²) in [5.41, 5.74) is 5.57. The van der Waals surface area contributed by atoms with Crippen LogP contribution in [0.15, 0.2) is 158 Å². The Balaban J connectivity index is 1.03. The van der Waals surface area contributed by atoms with Crippen molar-refractivity contribution in [2.45, 2.75) is 70.0 Å². The smallest absolute Gasteiger partial charge is 0.255 e. The first kappa shape index (κ1) is 44.5. The van der Waals surface area contributed by atoms with Crippen molar-refractivity contribution < 1.29 is 19.1 Å². The second-order valence-corrected chi connectivity index (χ2v) is 21.1. The summed E-state index contributed by atoms with van der Waals surface area (Å²) in [6.45, 7) is 8.56. The molecule has 0 bridgehead atoms. The number of amides is 2. The molecule has 6 rings (SSSR count). The van der Waals surface area contributed by atoms with Crippen molar-refractivity contribution in [3.63, 3.8) is 0 Å². The van der Waals surface area contributed by atoms with Gasteiger partial charge in [-0.1, -0.05) is 129 Å². The monoisotopic (exact) mass is 829 g/mol. The maximum absolute atomic E-state index is 13.5. The Kier molecular flexibility index (Phi) is 15.6. The van der Waals surface area contributed by atoms with Gasteiger partial charge in [-0.25, -0.2) is 0 Å². The molecule has 61 heavy (non-hydrogen) atoms. The lowest BCUT2D eigenvalue weighted by Crippen LogP contribution is -2.49. The van der Waals surface area contributed by atoms with Crippen LogP contribution in [-0.2, 0) is 18.3 Å². The fourth-order valence-corrected chi connectivity index (χ4v) is 13.1. The number of benzene rings is 6. The van der Waals surface area contributed by atoms with Crippen LogP contribution in [0.3, 0.4) is 0 Å². The lowest BCUT2D eigenvalue weighted by atomic mass is 9.80. The molecule has 0 spiro atoms. The number of Topliss-reactive ketones (excluding diaryl/α,β-unsaturated/α-hetero) is 1. The van der Waals surface area contributed by atoms with Crippen LogP contribution in [-0.4, -0.2) is 45.8 Å². The summed E-state index contributed by atoms with van der Waals surface area (Å²) in [6.07, 6.45) is 4.10. The van der Waals surface area contributed by atoms with Gasteiger partial charge in [0.2, 0.25) is 0 Å². The summed E-state index contributed by atoms with van der Waals surface area (Å²) >= 11 is 0. The van der Waals surface area contributed by atoms with Crippen molar-refractivity contribution in [2.75, 3.05) is 25.5 Å². The molecule has 7 nitrogen and oxygen atoms in total. The molecule has 2 atom stereocenters. The zero-order valence-corrected chi connectivity index (χ0v) is 37.0. The Hall–Kier alpha value is -6.09. The van der Waals surface area contributed by atoms with Crippen molar-refractivity contribution in [1.82, 2.24) is 10.6 Å². The first-order valence-electron chi connectivity index (χ1n) is 21.5. The topological polar surface area (TPSA) is 96.5 Å². The molecule has 0 radical (unpaired) electrons. The van der Waals surface area contributed by atoms with Gasteiger partial charge < -0.3 is 20.7 Å². The Bertz CT molecular complexity index is 2370. The van der Waals surface area contributed by atoms with Gasteiger partial charge in [0.15, 0.2) is 5.78 Å². The largest absolute Gasteiger partial charge is 0.457 e. The van der Waals surface area contributed by atoms with Crippen LogP contribution in [0, 0.1) is 0 Å². The van der Waals surface area contributed by atoms with E-state index in [2.05, 4.69) is 97.0 Å². The second kappa shape index (κ2) is 21.4. The van der Waals surface area contributed by atoms with Gasteiger partial charge >= 0.3 is 0 Å². The number of ketones is 1. The highest BCUT2D eigenvalue weighted by atomic mass is 28.3. The van der Waals surface area contributed by atoms with Crippen LogP contribution >= 0.6 is 0 Å². The number of hydrogen-bond acceptors (Lipinski definition) is 5. The zero-order chi connectivity index (χ0) is 43.1. The van der Waals surface area contributed by atoms with Crippen LogP contribution in [0.2, 0.25) is 18.6 Å². The number of anilines is 1. The van der Waals surface area contributed by atoms with Gasteiger partial charge in [0.1, 0.15) is 11.5 Å². The van der Waals surface area contributed by atoms with Crippen LogP contribution in [0.1, 0.15) is 80.9 Å². The number of ether oxygens (including phenoxy) is 1. The summed E-state index contributed by atoms with van der Waals surface area (Å²) in [4.78, 5) is 39.8. The Morgan fingerprint density at radius 3 is 2.02 bits per heavy atom. The molecule has 8 heteroatoms. The summed E-state index contributed by atoms with van der Waals surface area (Å²) in [5, 5.41) is 10.9. The molecular weight excluding hydrogens is 771 g/mol. The van der Waals surface area contributed by atoms with Gasteiger partial charge in [-0.2, -0.15) is 0 Å². The van der Waals surface area contributed by atoms with Crippen LogP contribution < -0.4 is 25.9 Å². The third-order valence-corrected chi connectivity index (χ3v) is 16.5. The molecular formula is C53H59N3O4Si. The van der Waals surface area contributed by atoms with Gasteiger partial charge in [0.25, 0.3) is 11.8 Å². The van der Waals surface area contributed by atoms with Crippen molar-refractivity contribution in [2.24, 2.45) is 0 Å². The Morgan fingerprint density at radius 2 is 1.30 bits per heavy atom. The zero-order valence-electron chi connectivity index (χ0n) is 36.0. The summed E-state index contributed by atoms with van der Waals surface area (Å²) in [7, 11) is 0.0145. The minimum absolute atomic E-state index is 0.0372. The molecule has 3 N–H and O–H groups in total. The second-order valence-electron chi connectivity index (χ2n) is 16.6. The molecule has 0 aliphatic rings. The first-order valence-corrected chi connectivity index (χ1v) is 24.4. The number of nitrogens with one attached hydrogen (secondary N) is 3. The average Bonchev–Trinajstić information content (AvgIpc) is 3.29. The van der Waals surface area contributed by atoms with E-state index >= 15 is 0 Å². The maximum Gasteiger partial charge on any atom is 0.255 e. The first-order chi connectivity index (χ1) is 29.6. The molecule has 0 heterocycles. The number of hydrogen-bond donors (Lipinski definition) is 3. The van der Waals surface area contributed by atoms with E-state index in [1.165, 1.54) is 10.8 Å². The molecule has 2 unspecified atom stereocenters. The summed E-state index contributed by atoms with van der Waals surface area (Å²) in [5.74, 6) is 0.769. The van der Waals surface area contributed by atoms with Crippen LogP contribution in [0.25, 0.3) is 0 Å². The highest BCUT2D eigenvalue weighted by molar-refractivity contribution is 6.91. The van der Waals surface area contributed by atoms with E-state index in [0.29, 0.717) is 40.4 Å². The van der Waals surface area contributed by atoms with E-state index < -0.39 is 8.07 Å². The molecule has 0 aliphatic heterocycles. The van der Waals surface area contributed by atoms with Crippen molar-refractivity contribution in [3.05, 3.63) is 191 Å². The third-order valence-electron chi connectivity index (χ3n) is 11.7. The molecule has 0 saturated heterocycles. The number of rotatable bonds is 21. The molecule has 6 aromatic rings. The molecule has 6 aromatic carbocycles. The van der Waals surface area contributed by atoms with Gasteiger partial charge in [0.05, 0.1) is 8.07 Å². The van der Waals surface area contributed by atoms with Crippen molar-refractivity contribution in [1.29, 1.82) is 0 Å². The van der Waals surface area contributed by atoms with E-state index in [-0.39, 0.29) is 29.4 Å². The number of carbonyl (C=O) groups excluding carboxylic acids is 3. The molecule has 2 amide bonds. The molecule has 0 aromatic heterocycles. The Morgan fingerprint density at radius 1 is 0.639 bits per heavy atom. The maximum atomic E-state index is 13.5. The third kappa shape index (κ3) is 12.5. The van der Waals surface area contributed by atoms with E-state index in [9.17, 15) is 14.4 Å². The van der Waals surface area contributed by atoms with E-state index in [1.54, 1.807) is 54.6 Å². The fourth-order valence-electron chi connectivity index (χ4n) is 8.37. The molecule has 0 fully saturated rings. The SMILES string of the molecule is CCc1cccc(C(=O)Nc2ccc(Oc3cccc(CC(=O)c4cccc(C(=O)NCCC[Si](C)(CC(C)(CCCNC)c5ccccc5)c5ccccc5)c4)c3)cc2)c1. The van der Waals surface area contributed by atoms with Gasteiger partial charge in [-0.05, 0) is 128 Å². The fraction of sp³-hybridized carbons (Fsp3) is 0.264. The summed E-state index contributed by atoms with van der Waals surface area (Å²) in [6, 6.07) is 53.4. The van der Waals surface area contributed by atoms with E-state index in [0.717, 1.165) is 55.4 Å². The quantitative estimate of drug-likeness (QED) is 0.0381. The Labute approximate surface area is 363 Å². The lowest BCUT2D eigenvalue weighted by molar-refractivity contribution is 0.0952. The van der Waals surface area contributed by atoms with E-state index in [1.807, 2.05) is 49.5 Å².